The minimum absolute atomic E-state index is 0.600. The topological polar surface area (TPSA) is 24.9 Å². The Kier molecular flexibility index (Phi) is 3.74. The third-order valence-electron chi connectivity index (χ3n) is 4.29. The molecule has 1 fully saturated rings. The van der Waals surface area contributed by atoms with Crippen LogP contribution in [0, 0.1) is 12.8 Å². The summed E-state index contributed by atoms with van der Waals surface area (Å²) < 4.78 is 1.30. The van der Waals surface area contributed by atoms with Gasteiger partial charge < -0.3 is 5.32 Å². The highest BCUT2D eigenvalue weighted by molar-refractivity contribution is 7.22. The Balaban J connectivity index is 1.82. The monoisotopic (exact) mass is 274 g/mol. The van der Waals surface area contributed by atoms with Gasteiger partial charge in [-0.1, -0.05) is 49.7 Å². The number of nitrogens with one attached hydrogen (secondary N) is 1. The lowest BCUT2D eigenvalue weighted by atomic mass is 9.97. The van der Waals surface area contributed by atoms with Crippen LogP contribution in [0.3, 0.4) is 0 Å². The van der Waals surface area contributed by atoms with Crippen molar-refractivity contribution in [2.45, 2.75) is 52.0 Å². The molecule has 1 saturated carbocycles. The van der Waals surface area contributed by atoms with Gasteiger partial charge in [0.05, 0.1) is 10.2 Å². The first-order valence-corrected chi connectivity index (χ1v) is 8.18. The Hall–Kier alpha value is -1.09. The number of anilines is 1. The standard InChI is InChI=1S/C16H22N2S/c1-11-7-4-3-5-9-13(11)17-16-18-15-12(2)8-6-10-14(15)19-16/h6,8,10-11,13H,3-5,7,9H2,1-2H3,(H,17,18). The quantitative estimate of drug-likeness (QED) is 0.781. The SMILES string of the molecule is Cc1cccc2sc(NC3CCCCCC3C)nc12. The lowest BCUT2D eigenvalue weighted by Crippen LogP contribution is -2.26. The molecule has 2 unspecified atom stereocenters. The van der Waals surface area contributed by atoms with Gasteiger partial charge in [-0.15, -0.1) is 0 Å². The van der Waals surface area contributed by atoms with Crippen LogP contribution < -0.4 is 5.32 Å². The van der Waals surface area contributed by atoms with Crippen LogP contribution in [0.25, 0.3) is 10.2 Å². The van der Waals surface area contributed by atoms with Crippen LogP contribution in [0.1, 0.15) is 44.6 Å². The molecule has 0 bridgehead atoms. The van der Waals surface area contributed by atoms with E-state index >= 15 is 0 Å². The summed E-state index contributed by atoms with van der Waals surface area (Å²) >= 11 is 1.79. The van der Waals surface area contributed by atoms with Gasteiger partial charge in [-0.05, 0) is 37.3 Å². The molecular formula is C16H22N2S. The predicted molar refractivity (Wildman–Crippen MR) is 84.0 cm³/mol. The Bertz CT molecular complexity index is 561. The third kappa shape index (κ3) is 2.76. The second kappa shape index (κ2) is 5.49. The van der Waals surface area contributed by atoms with Crippen LogP contribution in [0.2, 0.25) is 0 Å². The van der Waals surface area contributed by atoms with Crippen molar-refractivity contribution in [1.82, 2.24) is 4.98 Å². The highest BCUT2D eigenvalue weighted by Crippen LogP contribution is 2.31. The Morgan fingerprint density at radius 3 is 2.89 bits per heavy atom. The minimum atomic E-state index is 0.600. The highest BCUT2D eigenvalue weighted by atomic mass is 32.1. The van der Waals surface area contributed by atoms with E-state index in [0.717, 1.165) is 16.6 Å². The minimum Gasteiger partial charge on any atom is -0.358 e. The number of rotatable bonds is 2. The van der Waals surface area contributed by atoms with Gasteiger partial charge in [-0.3, -0.25) is 0 Å². The van der Waals surface area contributed by atoms with E-state index in [0.29, 0.717) is 6.04 Å². The van der Waals surface area contributed by atoms with Crippen molar-refractivity contribution in [3.63, 3.8) is 0 Å². The van der Waals surface area contributed by atoms with E-state index in [-0.39, 0.29) is 0 Å². The van der Waals surface area contributed by atoms with Gasteiger partial charge in [0.1, 0.15) is 0 Å². The molecule has 0 amide bonds. The van der Waals surface area contributed by atoms with Crippen molar-refractivity contribution in [2.75, 3.05) is 5.32 Å². The van der Waals surface area contributed by atoms with Crippen LogP contribution in [-0.2, 0) is 0 Å². The maximum absolute atomic E-state index is 4.78. The summed E-state index contributed by atoms with van der Waals surface area (Å²) in [6.07, 6.45) is 6.77. The molecule has 2 atom stereocenters. The molecule has 0 radical (unpaired) electrons. The lowest BCUT2D eigenvalue weighted by molar-refractivity contribution is 0.456. The molecule has 0 spiro atoms. The molecule has 102 valence electrons. The van der Waals surface area contributed by atoms with E-state index in [1.165, 1.54) is 42.4 Å². The molecule has 19 heavy (non-hydrogen) atoms. The summed E-state index contributed by atoms with van der Waals surface area (Å²) in [6.45, 7) is 4.52. The molecule has 1 N–H and O–H groups in total. The van der Waals surface area contributed by atoms with Crippen molar-refractivity contribution >= 4 is 26.7 Å². The maximum atomic E-state index is 4.78. The number of aromatic nitrogens is 1. The van der Waals surface area contributed by atoms with E-state index in [1.54, 1.807) is 11.3 Å². The van der Waals surface area contributed by atoms with Gasteiger partial charge in [0.15, 0.2) is 5.13 Å². The van der Waals surface area contributed by atoms with Gasteiger partial charge in [-0.2, -0.15) is 0 Å². The fourth-order valence-corrected chi connectivity index (χ4v) is 4.02. The Morgan fingerprint density at radius 1 is 1.21 bits per heavy atom. The van der Waals surface area contributed by atoms with Crippen LogP contribution in [-0.4, -0.2) is 11.0 Å². The number of hydrogen-bond acceptors (Lipinski definition) is 3. The Morgan fingerprint density at radius 2 is 2.05 bits per heavy atom. The summed E-state index contributed by atoms with van der Waals surface area (Å²) in [6, 6.07) is 7.03. The summed E-state index contributed by atoms with van der Waals surface area (Å²) in [7, 11) is 0. The first-order chi connectivity index (χ1) is 9.24. The smallest absolute Gasteiger partial charge is 0.184 e. The molecule has 3 heteroatoms. The summed E-state index contributed by atoms with van der Waals surface area (Å²) in [5.41, 5.74) is 2.44. The largest absolute Gasteiger partial charge is 0.358 e. The Labute approximate surface area is 119 Å². The second-order valence-corrected chi connectivity index (χ2v) is 6.84. The summed E-state index contributed by atoms with van der Waals surface area (Å²) in [5.74, 6) is 0.760. The molecule has 2 nitrogen and oxygen atoms in total. The van der Waals surface area contributed by atoms with E-state index in [9.17, 15) is 0 Å². The highest BCUT2D eigenvalue weighted by Gasteiger charge is 2.20. The number of thiazole rings is 1. The molecule has 3 rings (SSSR count). The number of aryl methyl sites for hydroxylation is 1. The molecule has 1 aliphatic rings. The molecule has 2 aromatic rings. The zero-order chi connectivity index (χ0) is 13.2. The average molecular weight is 274 g/mol. The third-order valence-corrected chi connectivity index (χ3v) is 5.24. The first-order valence-electron chi connectivity index (χ1n) is 7.37. The fourth-order valence-electron chi connectivity index (χ4n) is 3.01. The number of fused-ring (bicyclic) bond motifs is 1. The van der Waals surface area contributed by atoms with Gasteiger partial charge in [0.2, 0.25) is 0 Å². The maximum Gasteiger partial charge on any atom is 0.184 e. The van der Waals surface area contributed by atoms with Crippen molar-refractivity contribution in [3.05, 3.63) is 23.8 Å². The van der Waals surface area contributed by atoms with Gasteiger partial charge in [0, 0.05) is 6.04 Å². The van der Waals surface area contributed by atoms with Crippen LogP contribution >= 0.6 is 11.3 Å². The number of nitrogens with zero attached hydrogens (tertiary/aromatic N) is 1. The average Bonchev–Trinajstić information content (AvgIpc) is 2.70. The van der Waals surface area contributed by atoms with Gasteiger partial charge >= 0.3 is 0 Å². The first kappa shape index (κ1) is 12.9. The molecular weight excluding hydrogens is 252 g/mol. The second-order valence-electron chi connectivity index (χ2n) is 5.81. The van der Waals surface area contributed by atoms with Crippen LogP contribution in [0.15, 0.2) is 18.2 Å². The van der Waals surface area contributed by atoms with Crippen LogP contribution in [0.4, 0.5) is 5.13 Å². The fraction of sp³-hybridized carbons (Fsp3) is 0.562. The van der Waals surface area contributed by atoms with Gasteiger partial charge in [-0.25, -0.2) is 4.98 Å². The summed E-state index contributed by atoms with van der Waals surface area (Å²) in [5, 5.41) is 4.79. The zero-order valence-corrected chi connectivity index (χ0v) is 12.6. The van der Waals surface area contributed by atoms with Crippen molar-refractivity contribution in [1.29, 1.82) is 0 Å². The molecule has 1 heterocycles. The van der Waals surface area contributed by atoms with Crippen molar-refractivity contribution in [3.8, 4) is 0 Å². The molecule has 1 aromatic carbocycles. The van der Waals surface area contributed by atoms with E-state index in [4.69, 9.17) is 4.98 Å². The predicted octanol–water partition coefficient (Wildman–Crippen LogP) is 4.99. The summed E-state index contributed by atoms with van der Waals surface area (Å²) in [4.78, 5) is 4.78. The molecule has 1 aromatic heterocycles. The number of hydrogen-bond donors (Lipinski definition) is 1. The van der Waals surface area contributed by atoms with E-state index < -0.39 is 0 Å². The lowest BCUT2D eigenvalue weighted by Gasteiger charge is -2.22. The molecule has 1 aliphatic carbocycles. The van der Waals surface area contributed by atoms with E-state index in [2.05, 4.69) is 37.4 Å². The van der Waals surface area contributed by atoms with E-state index in [1.807, 2.05) is 0 Å². The van der Waals surface area contributed by atoms with Crippen molar-refractivity contribution in [2.24, 2.45) is 5.92 Å². The molecule has 0 saturated heterocycles. The zero-order valence-electron chi connectivity index (χ0n) is 11.8. The van der Waals surface area contributed by atoms with Gasteiger partial charge in [0.25, 0.3) is 0 Å². The number of benzene rings is 1. The van der Waals surface area contributed by atoms with Crippen molar-refractivity contribution < 1.29 is 0 Å². The number of para-hydroxylation sites is 1. The normalized spacial score (nSPS) is 24.3. The molecule has 0 aliphatic heterocycles. The van der Waals surface area contributed by atoms with Crippen LogP contribution in [0.5, 0.6) is 0 Å².